The van der Waals surface area contributed by atoms with Gasteiger partial charge in [-0.1, -0.05) is 19.9 Å². The lowest BCUT2D eigenvalue weighted by Gasteiger charge is -2.29. The summed E-state index contributed by atoms with van der Waals surface area (Å²) >= 11 is 0. The third-order valence-corrected chi connectivity index (χ3v) is 4.39. The van der Waals surface area contributed by atoms with Gasteiger partial charge in [-0.25, -0.2) is 14.0 Å². The molecule has 0 fully saturated rings. The van der Waals surface area contributed by atoms with Crippen LogP contribution in [0.15, 0.2) is 29.5 Å². The highest BCUT2D eigenvalue weighted by atomic mass is 19.4. The number of urea groups is 1. The summed E-state index contributed by atoms with van der Waals surface area (Å²) in [6, 6.07) is 1.20. The molecule has 1 heterocycles. The fourth-order valence-electron chi connectivity index (χ4n) is 2.87. The smallest absolute Gasteiger partial charge is 0.439 e. The van der Waals surface area contributed by atoms with Gasteiger partial charge in [0.2, 0.25) is 0 Å². The van der Waals surface area contributed by atoms with E-state index < -0.39 is 48.0 Å². The molecular formula is C20H22F6N2O5. The van der Waals surface area contributed by atoms with Crippen molar-refractivity contribution in [1.29, 1.82) is 0 Å². The second-order valence-electron chi connectivity index (χ2n) is 7.54. The van der Waals surface area contributed by atoms with Gasteiger partial charge < -0.3 is 24.8 Å². The first-order valence-electron chi connectivity index (χ1n) is 9.58. The van der Waals surface area contributed by atoms with Crippen LogP contribution in [-0.4, -0.2) is 44.2 Å². The lowest BCUT2D eigenvalue weighted by Crippen LogP contribution is -2.46. The van der Waals surface area contributed by atoms with Crippen LogP contribution in [0.3, 0.4) is 0 Å². The van der Waals surface area contributed by atoms with Gasteiger partial charge in [-0.05, 0) is 30.5 Å². The van der Waals surface area contributed by atoms with E-state index in [1.165, 1.54) is 6.92 Å². The molecule has 1 aliphatic heterocycles. The van der Waals surface area contributed by atoms with Gasteiger partial charge in [0.1, 0.15) is 0 Å². The van der Waals surface area contributed by atoms with Crippen molar-refractivity contribution in [3.05, 3.63) is 35.0 Å². The average molecular weight is 484 g/mol. The number of methoxy groups -OCH3 is 1. The zero-order chi connectivity index (χ0) is 25.1. The molecule has 0 spiro atoms. The number of carbonyl (C=O) groups is 2. The van der Waals surface area contributed by atoms with Gasteiger partial charge in [-0.15, -0.1) is 0 Å². The van der Waals surface area contributed by atoms with E-state index in [9.17, 15) is 35.9 Å². The van der Waals surface area contributed by atoms with E-state index in [4.69, 9.17) is 9.47 Å². The number of ether oxygens (including phenoxy) is 3. The third-order valence-electron chi connectivity index (χ3n) is 4.39. The Bertz CT molecular complexity index is 932. The van der Waals surface area contributed by atoms with Crippen LogP contribution in [0, 0.1) is 5.92 Å². The van der Waals surface area contributed by atoms with Crippen LogP contribution in [0.25, 0.3) is 0 Å². The average Bonchev–Trinajstić information content (AvgIpc) is 2.70. The lowest BCUT2D eigenvalue weighted by molar-refractivity contribution is -0.305. The minimum Gasteiger partial charge on any atom is -0.493 e. The topological polar surface area (TPSA) is 85.9 Å². The number of carbonyl (C=O) groups excluding carboxylic acids is 2. The van der Waals surface area contributed by atoms with Gasteiger partial charge in [-0.3, -0.25) is 0 Å². The Morgan fingerprint density at radius 2 is 1.79 bits per heavy atom. The summed E-state index contributed by atoms with van der Waals surface area (Å²) in [7, 11) is 1.01. The van der Waals surface area contributed by atoms with Gasteiger partial charge >= 0.3 is 24.3 Å². The molecule has 2 amide bonds. The predicted molar refractivity (Wildman–Crippen MR) is 102 cm³/mol. The van der Waals surface area contributed by atoms with E-state index in [1.54, 1.807) is 0 Å². The zero-order valence-electron chi connectivity index (χ0n) is 18.0. The minimum absolute atomic E-state index is 0.0113. The lowest BCUT2D eigenvalue weighted by atomic mass is 9.95. The van der Waals surface area contributed by atoms with Crippen molar-refractivity contribution in [2.75, 3.05) is 13.7 Å². The maximum atomic E-state index is 13.7. The molecule has 0 aliphatic carbocycles. The molecule has 0 saturated heterocycles. The van der Waals surface area contributed by atoms with Gasteiger partial charge in [-0.2, -0.15) is 22.0 Å². The third kappa shape index (κ3) is 6.23. The number of halogens is 6. The molecule has 2 N–H and O–H groups in total. The number of allylic oxidation sites excluding steroid dienone is 1. The Morgan fingerprint density at radius 1 is 1.15 bits per heavy atom. The molecule has 1 aromatic carbocycles. The second kappa shape index (κ2) is 9.79. The van der Waals surface area contributed by atoms with E-state index in [0.29, 0.717) is 0 Å². The highest BCUT2D eigenvalue weighted by Gasteiger charge is 2.59. The molecule has 7 nitrogen and oxygen atoms in total. The molecule has 33 heavy (non-hydrogen) atoms. The summed E-state index contributed by atoms with van der Waals surface area (Å²) < 4.78 is 91.8. The van der Waals surface area contributed by atoms with E-state index in [2.05, 4.69) is 15.4 Å². The van der Waals surface area contributed by atoms with Gasteiger partial charge in [0.15, 0.2) is 11.5 Å². The Kier molecular flexibility index (Phi) is 7.75. The zero-order valence-corrected chi connectivity index (χ0v) is 18.0. The molecular weight excluding hydrogens is 462 g/mol. The molecule has 0 aromatic heterocycles. The van der Waals surface area contributed by atoms with Crippen LogP contribution in [0.5, 0.6) is 11.5 Å². The molecule has 0 saturated carbocycles. The summed E-state index contributed by atoms with van der Waals surface area (Å²) in [5, 5.41) is 4.90. The van der Waals surface area contributed by atoms with Crippen molar-refractivity contribution < 1.29 is 50.1 Å². The summed E-state index contributed by atoms with van der Waals surface area (Å²) in [6.45, 7) is 5.16. The van der Waals surface area contributed by atoms with Crippen molar-refractivity contribution in [2.24, 2.45) is 5.92 Å². The first-order chi connectivity index (χ1) is 15.2. The number of hydrogen-bond donors (Lipinski definition) is 2. The largest absolute Gasteiger partial charge is 0.493 e. The van der Waals surface area contributed by atoms with E-state index in [1.807, 2.05) is 13.8 Å². The van der Waals surface area contributed by atoms with Crippen molar-refractivity contribution >= 4 is 12.0 Å². The molecule has 0 radical (unpaired) electrons. The second-order valence-corrected chi connectivity index (χ2v) is 7.54. The van der Waals surface area contributed by atoms with E-state index in [0.717, 1.165) is 25.3 Å². The number of alkyl halides is 6. The van der Waals surface area contributed by atoms with Crippen LogP contribution in [0.4, 0.5) is 31.1 Å². The molecule has 2 atom stereocenters. The normalized spacial score (nSPS) is 17.9. The number of esters is 1. The van der Waals surface area contributed by atoms with Gasteiger partial charge in [0.05, 0.1) is 25.3 Å². The fourth-order valence-corrected chi connectivity index (χ4v) is 2.87. The molecule has 1 aliphatic rings. The molecule has 2 unspecified atom stereocenters. The quantitative estimate of drug-likeness (QED) is 0.422. The van der Waals surface area contributed by atoms with Crippen LogP contribution >= 0.6 is 0 Å². The van der Waals surface area contributed by atoms with Crippen molar-refractivity contribution in [3.8, 4) is 11.5 Å². The molecule has 184 valence electrons. The number of amides is 2. The van der Waals surface area contributed by atoms with Crippen molar-refractivity contribution in [3.63, 3.8) is 0 Å². The molecule has 1 aromatic rings. The monoisotopic (exact) mass is 484 g/mol. The molecule has 13 heteroatoms. The van der Waals surface area contributed by atoms with Crippen LogP contribution in [0.1, 0.15) is 32.4 Å². The number of benzene rings is 1. The summed E-state index contributed by atoms with van der Waals surface area (Å²) in [4.78, 5) is 24.6. The SMILES string of the molecule is COc1cc(C2NC(=O)NC(C)=C2C(=O)OCC(C)C)ccc1OC(F)(F)C(F)C(F)(F)F. The first-order valence-corrected chi connectivity index (χ1v) is 9.58. The Labute approximate surface area is 185 Å². The van der Waals surface area contributed by atoms with Crippen LogP contribution in [0.2, 0.25) is 0 Å². The number of hydrogen-bond acceptors (Lipinski definition) is 5. The Hall–Kier alpha value is -3.12. The van der Waals surface area contributed by atoms with Crippen molar-refractivity contribution in [1.82, 2.24) is 10.6 Å². The Morgan fingerprint density at radius 3 is 2.33 bits per heavy atom. The highest BCUT2D eigenvalue weighted by Crippen LogP contribution is 2.41. The highest BCUT2D eigenvalue weighted by molar-refractivity contribution is 5.95. The first kappa shape index (κ1) is 26.1. The van der Waals surface area contributed by atoms with Crippen LogP contribution in [-0.2, 0) is 9.53 Å². The van der Waals surface area contributed by atoms with E-state index in [-0.39, 0.29) is 29.4 Å². The predicted octanol–water partition coefficient (Wildman–Crippen LogP) is 4.39. The number of rotatable bonds is 8. The van der Waals surface area contributed by atoms with E-state index >= 15 is 0 Å². The number of nitrogens with one attached hydrogen (secondary N) is 2. The van der Waals surface area contributed by atoms with Crippen LogP contribution < -0.4 is 20.1 Å². The van der Waals surface area contributed by atoms with Gasteiger partial charge in [0.25, 0.3) is 6.17 Å². The summed E-state index contributed by atoms with van der Waals surface area (Å²) in [6.07, 6.45) is -15.7. The molecule has 0 bridgehead atoms. The minimum atomic E-state index is -5.86. The van der Waals surface area contributed by atoms with Gasteiger partial charge in [0, 0.05) is 5.70 Å². The fraction of sp³-hybridized carbons (Fsp3) is 0.500. The maximum Gasteiger partial charge on any atom is 0.439 e. The summed E-state index contributed by atoms with van der Waals surface area (Å²) in [5.74, 6) is -2.10. The standard InChI is InChI=1S/C20H22F6N2O5/c1-9(2)8-32-16(29)14-10(3)27-18(30)28-15(14)11-5-6-12(13(7-11)31-4)33-20(25,26)17(21)19(22,23)24/h5-7,9,15,17H,8H2,1-4H3,(H2,27,28,30). The maximum absolute atomic E-state index is 13.7. The summed E-state index contributed by atoms with van der Waals surface area (Å²) in [5.41, 5.74) is 0.326. The molecule has 2 rings (SSSR count). The Balaban J connectivity index is 2.40. The van der Waals surface area contributed by atoms with Crippen molar-refractivity contribution in [2.45, 2.75) is 45.3 Å².